The lowest BCUT2D eigenvalue weighted by Gasteiger charge is -2.19. The quantitative estimate of drug-likeness (QED) is 0.386. The van der Waals surface area contributed by atoms with Crippen LogP contribution in [0, 0.1) is 22.0 Å². The van der Waals surface area contributed by atoms with Gasteiger partial charge in [0.2, 0.25) is 11.8 Å². The minimum atomic E-state index is -0.864. The van der Waals surface area contributed by atoms with Crippen molar-refractivity contribution >= 4 is 56.4 Å². The van der Waals surface area contributed by atoms with Crippen LogP contribution in [0.15, 0.2) is 58.1 Å². The van der Waals surface area contributed by atoms with Gasteiger partial charge in [-0.05, 0) is 43.3 Å². The lowest BCUT2D eigenvalue weighted by atomic mass is 9.87. The van der Waals surface area contributed by atoms with Crippen molar-refractivity contribution in [3.63, 3.8) is 0 Å². The number of anilines is 2. The number of imide groups is 1. The summed E-state index contributed by atoms with van der Waals surface area (Å²) in [5.74, 6) is -2.97. The molecule has 9 nitrogen and oxygen atoms in total. The van der Waals surface area contributed by atoms with Gasteiger partial charge in [0, 0.05) is 28.7 Å². The van der Waals surface area contributed by atoms with E-state index in [2.05, 4.69) is 21.0 Å². The second-order valence-electron chi connectivity index (χ2n) is 7.00. The van der Waals surface area contributed by atoms with Crippen molar-refractivity contribution in [2.45, 2.75) is 13.3 Å². The smallest absolute Gasteiger partial charge is 0.269 e. The molecule has 0 radical (unpaired) electrons. The minimum absolute atomic E-state index is 0.0910. The average molecular weight is 471 g/mol. The maximum Gasteiger partial charge on any atom is 0.269 e. The van der Waals surface area contributed by atoms with E-state index in [1.165, 1.54) is 24.3 Å². The molecular formula is C20H15BrN4O5. The van der Waals surface area contributed by atoms with Crippen LogP contribution >= 0.6 is 15.9 Å². The van der Waals surface area contributed by atoms with Gasteiger partial charge in [0.1, 0.15) is 0 Å². The standard InChI is InChI=1S/C20H15BrN4O5/c1-11-18(20(28)24(22-11)14-6-8-15(9-7-14)25(29)30)16-10-17(26)23(19(16)27)13-4-2-12(21)3-5-13/h2-9,16,18H,10H2,1H3. The molecule has 2 aliphatic heterocycles. The Bertz CT molecular complexity index is 1100. The maximum atomic E-state index is 13.1. The molecule has 1 fully saturated rings. The fraction of sp³-hybridized carbons (Fsp3) is 0.200. The summed E-state index contributed by atoms with van der Waals surface area (Å²) < 4.78 is 0.814. The number of rotatable bonds is 4. The van der Waals surface area contributed by atoms with Crippen LogP contribution in [0.2, 0.25) is 0 Å². The van der Waals surface area contributed by atoms with E-state index in [1.54, 1.807) is 31.2 Å². The number of nitrogens with zero attached hydrogens (tertiary/aromatic N) is 4. The van der Waals surface area contributed by atoms with Crippen molar-refractivity contribution in [2.24, 2.45) is 16.9 Å². The fourth-order valence-corrected chi connectivity index (χ4v) is 3.99. The fourth-order valence-electron chi connectivity index (χ4n) is 3.72. The third-order valence-corrected chi connectivity index (χ3v) is 5.69. The van der Waals surface area contributed by atoms with Crippen LogP contribution in [0.4, 0.5) is 17.1 Å². The lowest BCUT2D eigenvalue weighted by molar-refractivity contribution is -0.384. The van der Waals surface area contributed by atoms with Crippen LogP contribution in [0.1, 0.15) is 13.3 Å². The molecule has 0 saturated carbocycles. The summed E-state index contributed by atoms with van der Waals surface area (Å²) in [4.78, 5) is 50.1. The molecule has 2 heterocycles. The highest BCUT2D eigenvalue weighted by atomic mass is 79.9. The maximum absolute atomic E-state index is 13.1. The highest BCUT2D eigenvalue weighted by molar-refractivity contribution is 9.10. The summed E-state index contributed by atoms with van der Waals surface area (Å²) in [7, 11) is 0. The number of hydrazone groups is 1. The van der Waals surface area contributed by atoms with E-state index in [0.717, 1.165) is 14.4 Å². The van der Waals surface area contributed by atoms with E-state index in [4.69, 9.17) is 0 Å². The molecule has 10 heteroatoms. The summed E-state index contributed by atoms with van der Waals surface area (Å²) in [5.41, 5.74) is 1.11. The molecule has 3 amide bonds. The first-order chi connectivity index (χ1) is 14.3. The van der Waals surface area contributed by atoms with Crippen molar-refractivity contribution in [1.82, 2.24) is 0 Å². The number of nitro benzene ring substituents is 1. The second-order valence-corrected chi connectivity index (χ2v) is 7.91. The van der Waals surface area contributed by atoms with Gasteiger partial charge in [-0.3, -0.25) is 29.4 Å². The number of nitro groups is 1. The molecule has 2 aromatic rings. The van der Waals surface area contributed by atoms with Gasteiger partial charge in [-0.2, -0.15) is 5.10 Å². The highest BCUT2D eigenvalue weighted by Crippen LogP contribution is 2.36. The van der Waals surface area contributed by atoms with Gasteiger partial charge >= 0.3 is 0 Å². The van der Waals surface area contributed by atoms with Gasteiger partial charge < -0.3 is 0 Å². The van der Waals surface area contributed by atoms with Gasteiger partial charge in [-0.1, -0.05) is 15.9 Å². The number of carbonyl (C=O) groups excluding carboxylic acids is 3. The van der Waals surface area contributed by atoms with E-state index in [1.807, 2.05) is 0 Å². The molecule has 0 aliphatic carbocycles. The lowest BCUT2D eigenvalue weighted by Crippen LogP contribution is -2.37. The van der Waals surface area contributed by atoms with E-state index < -0.39 is 28.6 Å². The van der Waals surface area contributed by atoms with E-state index in [0.29, 0.717) is 17.1 Å². The Morgan fingerprint density at radius 3 is 2.20 bits per heavy atom. The van der Waals surface area contributed by atoms with E-state index in [9.17, 15) is 24.5 Å². The van der Waals surface area contributed by atoms with E-state index >= 15 is 0 Å². The monoisotopic (exact) mass is 470 g/mol. The van der Waals surface area contributed by atoms with Crippen molar-refractivity contribution in [1.29, 1.82) is 0 Å². The second kappa shape index (κ2) is 7.45. The zero-order valence-electron chi connectivity index (χ0n) is 15.7. The van der Waals surface area contributed by atoms with Gasteiger partial charge in [-0.15, -0.1) is 0 Å². The molecular weight excluding hydrogens is 456 g/mol. The predicted molar refractivity (Wildman–Crippen MR) is 112 cm³/mol. The summed E-state index contributed by atoms with van der Waals surface area (Å²) >= 11 is 3.32. The molecule has 2 aromatic carbocycles. The summed E-state index contributed by atoms with van der Waals surface area (Å²) in [6.07, 6.45) is -0.0910. The summed E-state index contributed by atoms with van der Waals surface area (Å²) in [5, 5.41) is 16.2. The topological polar surface area (TPSA) is 113 Å². The SMILES string of the molecule is CC1=NN(c2ccc([N+](=O)[O-])cc2)C(=O)C1C1CC(=O)N(c2ccc(Br)cc2)C1=O. The molecule has 152 valence electrons. The highest BCUT2D eigenvalue weighted by Gasteiger charge is 2.50. The molecule has 0 spiro atoms. The Labute approximate surface area is 179 Å². The van der Waals surface area contributed by atoms with Gasteiger partial charge in [0.15, 0.2) is 0 Å². The number of hydrogen-bond donors (Lipinski definition) is 0. The van der Waals surface area contributed by atoms with Crippen LogP contribution in [-0.4, -0.2) is 28.4 Å². The average Bonchev–Trinajstić information content (AvgIpc) is 3.17. The van der Waals surface area contributed by atoms with Crippen molar-refractivity contribution < 1.29 is 19.3 Å². The van der Waals surface area contributed by atoms with Gasteiger partial charge in [0.05, 0.1) is 28.1 Å². The first-order valence-electron chi connectivity index (χ1n) is 9.04. The zero-order chi connectivity index (χ0) is 21.6. The number of benzene rings is 2. The Morgan fingerprint density at radius 1 is 1.00 bits per heavy atom. The number of hydrogen-bond acceptors (Lipinski definition) is 6. The Morgan fingerprint density at radius 2 is 1.60 bits per heavy atom. The van der Waals surface area contributed by atoms with Gasteiger partial charge in [-0.25, -0.2) is 5.01 Å². The molecule has 0 N–H and O–H groups in total. The first-order valence-corrected chi connectivity index (χ1v) is 9.83. The number of halogens is 1. The molecule has 0 aromatic heterocycles. The van der Waals surface area contributed by atoms with Crippen molar-refractivity contribution in [2.75, 3.05) is 9.91 Å². The molecule has 1 saturated heterocycles. The van der Waals surface area contributed by atoms with Crippen LogP contribution in [0.5, 0.6) is 0 Å². The Hall–Kier alpha value is -3.40. The van der Waals surface area contributed by atoms with E-state index in [-0.39, 0.29) is 18.0 Å². The number of carbonyl (C=O) groups is 3. The number of amides is 3. The predicted octanol–water partition coefficient (Wildman–Crippen LogP) is 3.28. The molecule has 2 aliphatic rings. The minimum Gasteiger partial charge on any atom is -0.274 e. The van der Waals surface area contributed by atoms with Crippen LogP contribution in [0.25, 0.3) is 0 Å². The Balaban J connectivity index is 1.59. The summed E-state index contributed by atoms with van der Waals surface area (Å²) in [6, 6.07) is 12.2. The first kappa shape index (κ1) is 19.9. The van der Waals surface area contributed by atoms with Crippen molar-refractivity contribution in [3.05, 3.63) is 63.1 Å². The number of non-ortho nitro benzene ring substituents is 1. The summed E-state index contributed by atoms with van der Waals surface area (Å²) in [6.45, 7) is 1.63. The normalized spacial score (nSPS) is 21.4. The van der Waals surface area contributed by atoms with Crippen LogP contribution < -0.4 is 9.91 Å². The molecule has 2 unspecified atom stereocenters. The van der Waals surface area contributed by atoms with Gasteiger partial charge in [0.25, 0.3) is 11.6 Å². The Kier molecular flexibility index (Phi) is 4.94. The molecule has 0 bridgehead atoms. The molecule has 30 heavy (non-hydrogen) atoms. The molecule has 2 atom stereocenters. The van der Waals surface area contributed by atoms with Crippen LogP contribution in [-0.2, 0) is 14.4 Å². The molecule has 4 rings (SSSR count). The third kappa shape index (κ3) is 3.28. The zero-order valence-corrected chi connectivity index (χ0v) is 17.3. The van der Waals surface area contributed by atoms with Crippen LogP contribution in [0.3, 0.4) is 0 Å². The van der Waals surface area contributed by atoms with Crippen molar-refractivity contribution in [3.8, 4) is 0 Å². The largest absolute Gasteiger partial charge is 0.274 e. The third-order valence-electron chi connectivity index (χ3n) is 5.16.